The second-order valence-electron chi connectivity index (χ2n) is 8.07. The largest absolute Gasteiger partial charge is 0.338 e. The van der Waals surface area contributed by atoms with E-state index in [9.17, 15) is 0 Å². The Hall–Kier alpha value is -3.59. The van der Waals surface area contributed by atoms with Crippen LogP contribution in [0.4, 0.5) is 11.5 Å². The summed E-state index contributed by atoms with van der Waals surface area (Å²) in [6.07, 6.45) is 2.18. The first-order valence-electron chi connectivity index (χ1n) is 10.3. The van der Waals surface area contributed by atoms with Gasteiger partial charge in [-0.05, 0) is 73.0 Å². The van der Waals surface area contributed by atoms with E-state index in [0.29, 0.717) is 0 Å². The van der Waals surface area contributed by atoms with Crippen LogP contribution >= 0.6 is 0 Å². The minimum Gasteiger partial charge on any atom is -0.338 e. The molecule has 3 heteroatoms. The Morgan fingerprint density at radius 1 is 0.700 bits per heavy atom. The number of imidazole rings is 1. The quantitative estimate of drug-likeness (QED) is 0.354. The lowest BCUT2D eigenvalue weighted by atomic mass is 9.99. The average Bonchev–Trinajstić information content (AvgIpc) is 3.07. The van der Waals surface area contributed by atoms with E-state index in [1.165, 1.54) is 38.6 Å². The molecule has 2 heterocycles. The Balaban J connectivity index is 1.61. The van der Waals surface area contributed by atoms with Crippen LogP contribution in [-0.4, -0.2) is 9.38 Å². The summed E-state index contributed by atoms with van der Waals surface area (Å²) >= 11 is 0. The molecule has 0 amide bonds. The maximum atomic E-state index is 4.99. The standard InChI is InChI=1S/C27H25N3/c1-17-14-22(21-10-6-5-7-11-21)15-18(2)25(17)28-26-20(4)30-16-19(3)23-12-8-9-13-24(23)27(30)29-26/h5-16,28H,1-4H3. The van der Waals surface area contributed by atoms with Crippen molar-refractivity contribution < 1.29 is 0 Å². The normalized spacial score (nSPS) is 11.3. The summed E-state index contributed by atoms with van der Waals surface area (Å²) < 4.78 is 2.20. The van der Waals surface area contributed by atoms with Gasteiger partial charge >= 0.3 is 0 Å². The van der Waals surface area contributed by atoms with Crippen LogP contribution in [0.25, 0.3) is 27.5 Å². The van der Waals surface area contributed by atoms with Gasteiger partial charge in [-0.3, -0.25) is 0 Å². The zero-order valence-corrected chi connectivity index (χ0v) is 17.8. The van der Waals surface area contributed by atoms with Gasteiger partial charge in [0.25, 0.3) is 0 Å². The highest BCUT2D eigenvalue weighted by molar-refractivity contribution is 5.97. The highest BCUT2D eigenvalue weighted by Crippen LogP contribution is 2.33. The van der Waals surface area contributed by atoms with Crippen LogP contribution in [-0.2, 0) is 0 Å². The molecule has 1 N–H and O–H groups in total. The minimum atomic E-state index is 0.907. The molecule has 0 spiro atoms. The number of rotatable bonds is 3. The van der Waals surface area contributed by atoms with Crippen molar-refractivity contribution in [2.45, 2.75) is 27.7 Å². The van der Waals surface area contributed by atoms with Gasteiger partial charge in [-0.1, -0.05) is 54.6 Å². The zero-order chi connectivity index (χ0) is 20.8. The van der Waals surface area contributed by atoms with E-state index in [0.717, 1.165) is 22.8 Å². The third kappa shape index (κ3) is 2.94. The van der Waals surface area contributed by atoms with Gasteiger partial charge in [0.05, 0.1) is 5.69 Å². The van der Waals surface area contributed by atoms with E-state index >= 15 is 0 Å². The maximum absolute atomic E-state index is 4.99. The molecule has 0 bridgehead atoms. The van der Waals surface area contributed by atoms with Crippen LogP contribution in [0.1, 0.15) is 22.4 Å². The van der Waals surface area contributed by atoms with Crippen molar-refractivity contribution in [2.24, 2.45) is 0 Å². The number of fused-ring (bicyclic) bond motifs is 3. The summed E-state index contributed by atoms with van der Waals surface area (Å²) in [5.74, 6) is 0.907. The molecule has 5 aromatic rings. The summed E-state index contributed by atoms with van der Waals surface area (Å²) in [4.78, 5) is 4.99. The molecule has 5 rings (SSSR count). The number of hydrogen-bond donors (Lipinski definition) is 1. The van der Waals surface area contributed by atoms with E-state index in [1.807, 2.05) is 0 Å². The molecule has 0 saturated carbocycles. The Labute approximate surface area is 177 Å². The summed E-state index contributed by atoms with van der Waals surface area (Å²) in [5.41, 5.74) is 9.40. The molecule has 0 aliphatic heterocycles. The summed E-state index contributed by atoms with van der Waals surface area (Å²) in [6, 6.07) is 23.5. The van der Waals surface area contributed by atoms with Crippen LogP contribution in [0.3, 0.4) is 0 Å². The fourth-order valence-electron chi connectivity index (χ4n) is 4.34. The minimum absolute atomic E-state index is 0.907. The van der Waals surface area contributed by atoms with Gasteiger partial charge in [-0.15, -0.1) is 0 Å². The highest BCUT2D eigenvalue weighted by atomic mass is 15.1. The monoisotopic (exact) mass is 391 g/mol. The number of nitrogens with zero attached hydrogens (tertiary/aromatic N) is 2. The second kappa shape index (κ2) is 7.03. The van der Waals surface area contributed by atoms with Gasteiger partial charge in [0.15, 0.2) is 5.82 Å². The molecule has 0 atom stereocenters. The van der Waals surface area contributed by atoms with E-state index < -0.39 is 0 Å². The number of pyridine rings is 1. The molecular weight excluding hydrogens is 366 g/mol. The molecular formula is C27H25N3. The fraction of sp³-hybridized carbons (Fsp3) is 0.148. The van der Waals surface area contributed by atoms with Crippen LogP contribution < -0.4 is 5.32 Å². The summed E-state index contributed by atoms with van der Waals surface area (Å²) in [7, 11) is 0. The van der Waals surface area contributed by atoms with Crippen molar-refractivity contribution in [3.05, 3.63) is 95.3 Å². The molecule has 0 saturated heterocycles. The van der Waals surface area contributed by atoms with E-state index in [4.69, 9.17) is 4.98 Å². The first-order chi connectivity index (χ1) is 14.5. The maximum Gasteiger partial charge on any atom is 0.152 e. The Bertz CT molecular complexity index is 1370. The van der Waals surface area contributed by atoms with E-state index in [2.05, 4.69) is 110 Å². The number of aryl methyl sites for hydroxylation is 4. The molecule has 3 nitrogen and oxygen atoms in total. The summed E-state index contributed by atoms with van der Waals surface area (Å²) in [5, 5.41) is 6.06. The van der Waals surface area contributed by atoms with Crippen LogP contribution in [0.5, 0.6) is 0 Å². The van der Waals surface area contributed by atoms with Crippen molar-refractivity contribution in [3.63, 3.8) is 0 Å². The molecule has 3 aromatic carbocycles. The third-order valence-electron chi connectivity index (χ3n) is 5.95. The van der Waals surface area contributed by atoms with Crippen LogP contribution in [0.2, 0.25) is 0 Å². The zero-order valence-electron chi connectivity index (χ0n) is 17.8. The average molecular weight is 392 g/mol. The Kier molecular flexibility index (Phi) is 4.32. The Morgan fingerprint density at radius 2 is 1.33 bits per heavy atom. The van der Waals surface area contributed by atoms with E-state index in [1.54, 1.807) is 0 Å². The van der Waals surface area contributed by atoms with Crippen molar-refractivity contribution in [1.82, 2.24) is 9.38 Å². The molecule has 0 unspecified atom stereocenters. The lowest BCUT2D eigenvalue weighted by molar-refractivity contribution is 1.10. The number of anilines is 2. The van der Waals surface area contributed by atoms with Gasteiger partial charge in [-0.2, -0.15) is 0 Å². The second-order valence-corrected chi connectivity index (χ2v) is 8.07. The number of hydrogen-bond acceptors (Lipinski definition) is 2. The number of nitrogens with one attached hydrogen (secondary N) is 1. The van der Waals surface area contributed by atoms with Gasteiger partial charge in [0.1, 0.15) is 5.65 Å². The van der Waals surface area contributed by atoms with Gasteiger partial charge in [0, 0.05) is 17.3 Å². The van der Waals surface area contributed by atoms with Gasteiger partial charge < -0.3 is 9.72 Å². The first kappa shape index (κ1) is 18.4. The van der Waals surface area contributed by atoms with Crippen LogP contribution in [0, 0.1) is 27.7 Å². The molecule has 148 valence electrons. The number of aromatic nitrogens is 2. The molecule has 30 heavy (non-hydrogen) atoms. The number of benzene rings is 3. The predicted molar refractivity (Wildman–Crippen MR) is 127 cm³/mol. The van der Waals surface area contributed by atoms with Crippen molar-refractivity contribution in [1.29, 1.82) is 0 Å². The lowest BCUT2D eigenvalue weighted by Gasteiger charge is -2.14. The Morgan fingerprint density at radius 3 is 2.03 bits per heavy atom. The lowest BCUT2D eigenvalue weighted by Crippen LogP contribution is -1.99. The smallest absolute Gasteiger partial charge is 0.152 e. The van der Waals surface area contributed by atoms with Crippen molar-refractivity contribution in [3.8, 4) is 11.1 Å². The SMILES string of the molecule is Cc1cc(-c2ccccc2)cc(C)c1Nc1nc2c3ccccc3c(C)cn2c1C. The molecule has 0 fully saturated rings. The van der Waals surface area contributed by atoms with Crippen LogP contribution in [0.15, 0.2) is 72.9 Å². The van der Waals surface area contributed by atoms with Crippen molar-refractivity contribution >= 4 is 27.9 Å². The molecule has 0 aliphatic rings. The van der Waals surface area contributed by atoms with Crippen molar-refractivity contribution in [2.75, 3.05) is 5.32 Å². The van der Waals surface area contributed by atoms with Gasteiger partial charge in [-0.25, -0.2) is 4.98 Å². The molecule has 0 radical (unpaired) electrons. The molecule has 2 aromatic heterocycles. The first-order valence-corrected chi connectivity index (χ1v) is 10.3. The summed E-state index contributed by atoms with van der Waals surface area (Å²) in [6.45, 7) is 8.60. The fourth-order valence-corrected chi connectivity index (χ4v) is 4.34. The third-order valence-corrected chi connectivity index (χ3v) is 5.95. The topological polar surface area (TPSA) is 29.3 Å². The van der Waals surface area contributed by atoms with E-state index in [-0.39, 0.29) is 0 Å². The predicted octanol–water partition coefficient (Wildman–Crippen LogP) is 7.13. The van der Waals surface area contributed by atoms with Gasteiger partial charge in [0.2, 0.25) is 0 Å². The molecule has 0 aliphatic carbocycles. The highest BCUT2D eigenvalue weighted by Gasteiger charge is 2.15.